The maximum Gasteiger partial charge on any atom is 0.472 e. The van der Waals surface area contributed by atoms with E-state index in [0.717, 1.165) is 32.1 Å². The number of carbonyl (C=O) groups is 1. The molecular weight excluding hydrogens is 559 g/mol. The maximum atomic E-state index is 12.4. The minimum atomic E-state index is -4.49. The van der Waals surface area contributed by atoms with Crippen LogP contribution < -0.4 is 0 Å². The molecule has 0 heterocycles. The van der Waals surface area contributed by atoms with Crippen LogP contribution in [-0.2, 0) is 27.9 Å². The van der Waals surface area contributed by atoms with Crippen molar-refractivity contribution < 1.29 is 43.0 Å². The molecule has 0 rings (SSSR count). The van der Waals surface area contributed by atoms with E-state index >= 15 is 0 Å². The molecule has 0 saturated carbocycles. The summed E-state index contributed by atoms with van der Waals surface area (Å²) in [5, 5.41) is 18.2. The minimum absolute atomic E-state index is 0.0563. The van der Waals surface area contributed by atoms with Crippen molar-refractivity contribution in [3.63, 3.8) is 0 Å². The number of carbonyl (C=O) groups excluding carboxylic acids is 1. The standard InChI is InChI=1S/C32H65O9P/c1-3-5-7-9-11-13-14-15-17-19-21-23-25-38-28-31(29-40-42(36,37)39-27-30(34)26-33)41-32(35)24-22-20-18-16-12-10-8-6-4-2/h30-31,33-34H,3-29H2,1-2H3,(H,36,37)/t30-,31+/m0/s1. The number of hydrogen-bond donors (Lipinski definition) is 3. The second-order valence-corrected chi connectivity index (χ2v) is 13.0. The molecule has 0 spiro atoms. The fraction of sp³-hybridized carbons (Fsp3) is 0.969. The minimum Gasteiger partial charge on any atom is -0.457 e. The molecule has 3 N–H and O–H groups in total. The van der Waals surface area contributed by atoms with Crippen molar-refractivity contribution in [2.45, 2.75) is 167 Å². The summed E-state index contributed by atoms with van der Waals surface area (Å²) in [4.78, 5) is 22.3. The van der Waals surface area contributed by atoms with E-state index in [1.807, 2.05) is 0 Å². The summed E-state index contributed by atoms with van der Waals surface area (Å²) in [5.41, 5.74) is 0. The third-order valence-corrected chi connectivity index (χ3v) is 8.24. The SMILES string of the molecule is CCCCCCCCCCCCCCOC[C@H](COP(=O)(O)OC[C@@H](O)CO)OC(=O)CCCCCCCCCCC. The van der Waals surface area contributed by atoms with Crippen LogP contribution in [0.4, 0.5) is 0 Å². The van der Waals surface area contributed by atoms with Crippen LogP contribution in [0, 0.1) is 0 Å². The third kappa shape index (κ3) is 29.5. The number of aliphatic hydroxyl groups excluding tert-OH is 2. The lowest BCUT2D eigenvalue weighted by Crippen LogP contribution is -2.29. The van der Waals surface area contributed by atoms with Crippen molar-refractivity contribution in [3.8, 4) is 0 Å². The second-order valence-electron chi connectivity index (χ2n) is 11.6. The molecule has 0 aromatic carbocycles. The van der Waals surface area contributed by atoms with Crippen LogP contribution in [0.3, 0.4) is 0 Å². The van der Waals surface area contributed by atoms with E-state index in [9.17, 15) is 19.4 Å². The van der Waals surface area contributed by atoms with E-state index < -0.39 is 33.2 Å². The smallest absolute Gasteiger partial charge is 0.457 e. The second kappa shape index (κ2) is 30.5. The maximum absolute atomic E-state index is 12.4. The van der Waals surface area contributed by atoms with Gasteiger partial charge in [-0.3, -0.25) is 13.8 Å². The Labute approximate surface area is 257 Å². The van der Waals surface area contributed by atoms with Crippen LogP contribution in [0.2, 0.25) is 0 Å². The molecule has 0 aliphatic rings. The molecule has 0 aromatic rings. The van der Waals surface area contributed by atoms with Crippen molar-refractivity contribution in [1.82, 2.24) is 0 Å². The van der Waals surface area contributed by atoms with Gasteiger partial charge in [-0.1, -0.05) is 136 Å². The zero-order valence-corrected chi connectivity index (χ0v) is 27.9. The van der Waals surface area contributed by atoms with E-state index in [2.05, 4.69) is 13.8 Å². The normalized spacial score (nSPS) is 14.5. The van der Waals surface area contributed by atoms with Gasteiger partial charge >= 0.3 is 13.8 Å². The van der Waals surface area contributed by atoms with Gasteiger partial charge in [0.2, 0.25) is 0 Å². The Kier molecular flexibility index (Phi) is 30.1. The van der Waals surface area contributed by atoms with Crippen molar-refractivity contribution >= 4 is 13.8 Å². The van der Waals surface area contributed by atoms with Crippen molar-refractivity contribution in [2.75, 3.05) is 33.0 Å². The van der Waals surface area contributed by atoms with E-state index in [1.54, 1.807) is 0 Å². The molecule has 0 aliphatic carbocycles. The first kappa shape index (κ1) is 41.5. The Bertz CT molecular complexity index is 635. The highest BCUT2D eigenvalue weighted by Crippen LogP contribution is 2.43. The molecular formula is C32H65O9P. The number of rotatable bonds is 33. The summed E-state index contributed by atoms with van der Waals surface area (Å²) < 4.78 is 33.0. The first-order chi connectivity index (χ1) is 20.3. The van der Waals surface area contributed by atoms with Gasteiger partial charge in [0.25, 0.3) is 0 Å². The Morgan fingerprint density at radius 2 is 1.07 bits per heavy atom. The van der Waals surface area contributed by atoms with Gasteiger partial charge in [0.05, 0.1) is 26.4 Å². The van der Waals surface area contributed by atoms with Gasteiger partial charge < -0.3 is 24.6 Å². The summed E-state index contributed by atoms with van der Waals surface area (Å²) in [7, 11) is -4.49. The van der Waals surface area contributed by atoms with Crippen LogP contribution in [0.25, 0.3) is 0 Å². The number of esters is 1. The highest BCUT2D eigenvalue weighted by Gasteiger charge is 2.26. The fourth-order valence-electron chi connectivity index (χ4n) is 4.65. The predicted octanol–water partition coefficient (Wildman–Crippen LogP) is 8.02. The summed E-state index contributed by atoms with van der Waals surface area (Å²) in [6.07, 6.45) is 23.5. The van der Waals surface area contributed by atoms with Crippen molar-refractivity contribution in [1.29, 1.82) is 0 Å². The lowest BCUT2D eigenvalue weighted by Gasteiger charge is -2.20. The van der Waals surface area contributed by atoms with E-state index in [0.29, 0.717) is 6.61 Å². The lowest BCUT2D eigenvalue weighted by molar-refractivity contribution is -0.154. The third-order valence-electron chi connectivity index (χ3n) is 7.29. The molecule has 10 heteroatoms. The Balaban J connectivity index is 4.25. The lowest BCUT2D eigenvalue weighted by atomic mass is 10.1. The highest BCUT2D eigenvalue weighted by atomic mass is 31.2. The Morgan fingerprint density at radius 1 is 0.643 bits per heavy atom. The summed E-state index contributed by atoms with van der Waals surface area (Å²) in [5.74, 6) is -0.384. The number of phosphoric acid groups is 1. The van der Waals surface area contributed by atoms with E-state index in [4.69, 9.17) is 23.6 Å². The average molecular weight is 625 g/mol. The van der Waals surface area contributed by atoms with Crippen LogP contribution in [-0.4, -0.2) is 66.3 Å². The molecule has 9 nitrogen and oxygen atoms in total. The number of phosphoric ester groups is 1. The van der Waals surface area contributed by atoms with Crippen molar-refractivity contribution in [2.24, 2.45) is 0 Å². The molecule has 3 atom stereocenters. The van der Waals surface area contributed by atoms with Crippen LogP contribution >= 0.6 is 7.82 Å². The molecule has 0 fully saturated rings. The number of aliphatic hydroxyl groups is 2. The van der Waals surface area contributed by atoms with Crippen LogP contribution in [0.15, 0.2) is 0 Å². The first-order valence-corrected chi connectivity index (χ1v) is 18.5. The van der Waals surface area contributed by atoms with Crippen LogP contribution in [0.5, 0.6) is 0 Å². The quantitative estimate of drug-likeness (QED) is 0.0377. The molecule has 0 aliphatic heterocycles. The summed E-state index contributed by atoms with van der Waals surface area (Å²) in [6, 6.07) is 0. The van der Waals surface area contributed by atoms with Crippen molar-refractivity contribution in [3.05, 3.63) is 0 Å². The van der Waals surface area contributed by atoms with Crippen LogP contribution in [0.1, 0.15) is 155 Å². The Hall–Kier alpha value is -0.540. The molecule has 252 valence electrons. The van der Waals surface area contributed by atoms with E-state index in [1.165, 1.54) is 103 Å². The molecule has 0 amide bonds. The molecule has 0 saturated heterocycles. The molecule has 42 heavy (non-hydrogen) atoms. The van der Waals surface area contributed by atoms with Gasteiger partial charge in [0, 0.05) is 13.0 Å². The van der Waals surface area contributed by atoms with Gasteiger partial charge in [-0.05, 0) is 12.8 Å². The number of ether oxygens (including phenoxy) is 2. The average Bonchev–Trinajstić information content (AvgIpc) is 2.97. The monoisotopic (exact) mass is 624 g/mol. The molecule has 1 unspecified atom stereocenters. The van der Waals surface area contributed by atoms with E-state index in [-0.39, 0.29) is 25.6 Å². The zero-order valence-electron chi connectivity index (χ0n) is 27.0. The van der Waals surface area contributed by atoms with Gasteiger partial charge in [0.1, 0.15) is 12.2 Å². The fourth-order valence-corrected chi connectivity index (χ4v) is 5.44. The van der Waals surface area contributed by atoms with Gasteiger partial charge in [-0.2, -0.15) is 0 Å². The number of unbranched alkanes of at least 4 members (excludes halogenated alkanes) is 19. The number of hydrogen-bond acceptors (Lipinski definition) is 8. The predicted molar refractivity (Wildman–Crippen MR) is 168 cm³/mol. The van der Waals surface area contributed by atoms with Gasteiger partial charge in [-0.15, -0.1) is 0 Å². The Morgan fingerprint density at radius 3 is 1.55 bits per heavy atom. The highest BCUT2D eigenvalue weighted by molar-refractivity contribution is 7.47. The zero-order chi connectivity index (χ0) is 31.2. The van der Waals surface area contributed by atoms with Gasteiger partial charge in [-0.25, -0.2) is 4.57 Å². The summed E-state index contributed by atoms with van der Waals surface area (Å²) in [6.45, 7) is 3.50. The van der Waals surface area contributed by atoms with Gasteiger partial charge in [0.15, 0.2) is 0 Å². The topological polar surface area (TPSA) is 132 Å². The largest absolute Gasteiger partial charge is 0.472 e. The molecule has 0 bridgehead atoms. The molecule has 0 aromatic heterocycles. The summed E-state index contributed by atoms with van der Waals surface area (Å²) >= 11 is 0. The molecule has 0 radical (unpaired) electrons. The first-order valence-electron chi connectivity index (χ1n) is 17.0.